The van der Waals surface area contributed by atoms with Gasteiger partial charge in [-0.15, -0.1) is 11.1 Å². The van der Waals surface area contributed by atoms with E-state index >= 15 is 0 Å². The molecule has 0 aliphatic heterocycles. The summed E-state index contributed by atoms with van der Waals surface area (Å²) in [5, 5.41) is 0. The van der Waals surface area contributed by atoms with Gasteiger partial charge in [0, 0.05) is 60.7 Å². The van der Waals surface area contributed by atoms with Crippen molar-refractivity contribution in [3.8, 4) is 128 Å². The Morgan fingerprint density at radius 2 is 0.267 bits per heavy atom. The molecule has 10 nitrogen and oxygen atoms in total. The number of benzene rings is 5. The fraction of sp³-hybridized carbons (Fsp3) is 0.611. The summed E-state index contributed by atoms with van der Waals surface area (Å²) >= 11 is 0. The Hall–Kier alpha value is -8.11. The lowest BCUT2D eigenvalue weighted by atomic mass is 10.0. The molecular weight excluding hydrogens is 1510 g/mol. The van der Waals surface area contributed by atoms with Gasteiger partial charge in [0.05, 0.1) is 122 Å². The van der Waals surface area contributed by atoms with Crippen molar-refractivity contribution in [2.45, 2.75) is 365 Å². The number of unbranched alkanes of at least 4 members (excludes halogenated alkanes) is 30. The summed E-state index contributed by atoms with van der Waals surface area (Å²) in [5.41, 5.74) is 14.6. The van der Waals surface area contributed by atoms with E-state index in [1.807, 2.05) is 36.4 Å². The summed E-state index contributed by atoms with van der Waals surface area (Å²) in [6.07, 6.45) is 42.7. The average Bonchev–Trinajstić information content (AvgIpc) is 0.800. The molecule has 0 saturated heterocycles. The van der Waals surface area contributed by atoms with Gasteiger partial charge in [-0.05, 0) is 64.2 Å². The van der Waals surface area contributed by atoms with E-state index in [0.29, 0.717) is 145 Å². The van der Waals surface area contributed by atoms with Crippen molar-refractivity contribution in [1.29, 1.82) is 0 Å². The molecule has 0 fully saturated rings. The molecule has 0 aliphatic carbocycles. The van der Waals surface area contributed by atoms with Crippen molar-refractivity contribution < 1.29 is 47.4 Å². The maximum absolute atomic E-state index is 6.94. The molecule has 0 aliphatic rings. The number of rotatable bonds is 60. The Kier molecular flexibility index (Phi) is 53.7. The Bertz CT molecular complexity index is 3860. The maximum atomic E-state index is 6.94. The highest BCUT2D eigenvalue weighted by molar-refractivity contribution is 6.84. The third-order valence-electron chi connectivity index (χ3n) is 20.4. The fourth-order valence-electron chi connectivity index (χ4n) is 13.1. The van der Waals surface area contributed by atoms with Crippen LogP contribution in [0.5, 0.6) is 57.5 Å². The van der Waals surface area contributed by atoms with E-state index in [-0.39, 0.29) is 0 Å². The highest BCUT2D eigenvalue weighted by Crippen LogP contribution is 2.37. The average molecular weight is 1670 g/mol. The first kappa shape index (κ1) is 102. The second-order valence-corrected chi connectivity index (χ2v) is 43.8. The Labute approximate surface area is 734 Å². The molecule has 120 heavy (non-hydrogen) atoms. The third kappa shape index (κ3) is 43.1. The number of hydrogen-bond acceptors (Lipinski definition) is 10. The van der Waals surface area contributed by atoms with E-state index < -0.39 is 16.1 Å². The molecular formula is C108H158O10Si2. The summed E-state index contributed by atoms with van der Waals surface area (Å²) in [6.45, 7) is 41.5. The zero-order valence-electron chi connectivity index (χ0n) is 78.2. The number of ether oxygens (including phenoxy) is 10. The lowest BCUT2D eigenvalue weighted by Crippen LogP contribution is -2.16. The molecule has 0 amide bonds. The predicted octanol–water partition coefficient (Wildman–Crippen LogP) is 29.3. The molecule has 0 atom stereocenters. The van der Waals surface area contributed by atoms with Gasteiger partial charge < -0.3 is 47.4 Å². The monoisotopic (exact) mass is 1670 g/mol. The molecule has 0 unspecified atom stereocenters. The van der Waals surface area contributed by atoms with Crippen LogP contribution >= 0.6 is 0 Å². The predicted molar refractivity (Wildman–Crippen MR) is 513 cm³/mol. The second-order valence-electron chi connectivity index (χ2n) is 34.3. The summed E-state index contributed by atoms with van der Waals surface area (Å²) in [4.78, 5) is 0. The van der Waals surface area contributed by atoms with Gasteiger partial charge in [-0.25, -0.2) is 0 Å². The van der Waals surface area contributed by atoms with Gasteiger partial charge in [0.1, 0.15) is 73.6 Å². The minimum absolute atomic E-state index is 0.509. The Balaban J connectivity index is 1.85. The Morgan fingerprint density at radius 3 is 0.367 bits per heavy atom. The van der Waals surface area contributed by atoms with Gasteiger partial charge in [-0.3, -0.25) is 0 Å². The zero-order valence-corrected chi connectivity index (χ0v) is 80.2. The molecule has 0 heterocycles. The van der Waals surface area contributed by atoms with Crippen LogP contribution in [-0.4, -0.2) is 82.2 Å². The van der Waals surface area contributed by atoms with Crippen LogP contribution in [0.2, 0.25) is 39.3 Å². The van der Waals surface area contributed by atoms with Gasteiger partial charge in [-0.1, -0.05) is 360 Å². The fourth-order valence-corrected chi connectivity index (χ4v) is 14.1. The SMILES string of the molecule is CCCCCCOc1cc(C#Cc2cc(OCCCCCC)c(C#Cc3cc(OCCCCCC)c(C#C[Si](C)(C)C)cc3OCCCCCC)cc2OCCCCCC)c(OCCCCCC)cc1C#Cc1cc(OCCCCCC)c(C#Cc2cc(OCCCCCC)c(C#C[Si](C)(C)C)cc2OCCCCCC)cc1OCCCCCC. The van der Waals surface area contributed by atoms with E-state index in [0.717, 1.165) is 278 Å². The molecule has 658 valence electrons. The van der Waals surface area contributed by atoms with E-state index in [1.54, 1.807) is 0 Å². The van der Waals surface area contributed by atoms with Gasteiger partial charge in [0.2, 0.25) is 0 Å². The first-order valence-electron chi connectivity index (χ1n) is 47.8. The van der Waals surface area contributed by atoms with Crippen molar-refractivity contribution in [3.63, 3.8) is 0 Å². The third-order valence-corrected chi connectivity index (χ3v) is 22.2. The topological polar surface area (TPSA) is 92.3 Å². The van der Waals surface area contributed by atoms with Crippen molar-refractivity contribution in [2.24, 2.45) is 0 Å². The standard InChI is InChI=1S/C108H158O10Si2/c1-17-27-37-47-67-109-99-79-90(58-60-92-82-104(114-72-52-42-32-22-6)94(84-102(92)112-70-50-40-30-20-4)62-64-96-86-108(118-76-56-46-36-26-10)98(66-78-120(14,15)16)88-106(96)116-74-54-44-34-24-8)100(110-68-48-38-28-18-2)80-89(99)57-59-91-81-103(113-71-51-41-31-21-5)93(83-101(91)111-69-49-39-29-19-3)61-63-95-85-107(117-75-55-45-35-25-9)97(65-77-119(11,12)13)87-105(95)115-73-53-43-33-23-7/h79-88H,17-56,67-76H2,1-16H3. The summed E-state index contributed by atoms with van der Waals surface area (Å²) in [7, 11) is -3.51. The van der Waals surface area contributed by atoms with Gasteiger partial charge >= 0.3 is 0 Å². The molecule has 5 rings (SSSR count). The molecule has 0 spiro atoms. The van der Waals surface area contributed by atoms with Crippen LogP contribution in [0.25, 0.3) is 0 Å². The Morgan fingerprint density at radius 1 is 0.158 bits per heavy atom. The van der Waals surface area contributed by atoms with Crippen LogP contribution in [-0.2, 0) is 0 Å². The van der Waals surface area contributed by atoms with E-state index in [9.17, 15) is 0 Å². The van der Waals surface area contributed by atoms with Crippen LogP contribution < -0.4 is 47.4 Å². The van der Waals surface area contributed by atoms with E-state index in [1.165, 1.54) is 12.8 Å². The van der Waals surface area contributed by atoms with Crippen molar-refractivity contribution in [3.05, 3.63) is 116 Å². The smallest absolute Gasteiger partial charge is 0.136 e. The van der Waals surface area contributed by atoms with Crippen LogP contribution in [0.15, 0.2) is 60.7 Å². The van der Waals surface area contributed by atoms with Crippen molar-refractivity contribution in [1.82, 2.24) is 0 Å². The van der Waals surface area contributed by atoms with Gasteiger partial charge in [0.25, 0.3) is 0 Å². The quantitative estimate of drug-likeness (QED) is 0.0213. The van der Waals surface area contributed by atoms with E-state index in [2.05, 4.69) is 203 Å². The van der Waals surface area contributed by atoms with Crippen molar-refractivity contribution >= 4 is 16.1 Å². The molecule has 0 bridgehead atoms. The molecule has 0 N–H and O–H groups in total. The molecule has 0 saturated carbocycles. The lowest BCUT2D eigenvalue weighted by Gasteiger charge is -2.15. The van der Waals surface area contributed by atoms with Crippen LogP contribution in [0.1, 0.15) is 382 Å². The van der Waals surface area contributed by atoms with Gasteiger partial charge in [0.15, 0.2) is 0 Å². The van der Waals surface area contributed by atoms with Crippen LogP contribution in [0, 0.1) is 70.3 Å². The minimum atomic E-state index is -1.75. The highest BCUT2D eigenvalue weighted by Gasteiger charge is 2.20. The first-order valence-corrected chi connectivity index (χ1v) is 54.8. The number of hydrogen-bond donors (Lipinski definition) is 0. The van der Waals surface area contributed by atoms with Gasteiger partial charge in [-0.2, -0.15) is 0 Å². The zero-order chi connectivity index (χ0) is 86.5. The van der Waals surface area contributed by atoms with Crippen LogP contribution in [0.3, 0.4) is 0 Å². The largest absolute Gasteiger partial charge is 0.492 e. The molecule has 0 aromatic heterocycles. The molecule has 12 heteroatoms. The summed E-state index contributed by atoms with van der Waals surface area (Å²) in [6, 6.07) is 20.5. The maximum Gasteiger partial charge on any atom is 0.136 e. The molecule has 5 aromatic rings. The lowest BCUT2D eigenvalue weighted by molar-refractivity contribution is 0.295. The minimum Gasteiger partial charge on any atom is -0.492 e. The normalized spacial score (nSPS) is 10.9. The molecule has 5 aromatic carbocycles. The first-order chi connectivity index (χ1) is 58.4. The summed E-state index contributed by atoms with van der Waals surface area (Å²) in [5.74, 6) is 42.9. The molecule has 0 radical (unpaired) electrons. The van der Waals surface area contributed by atoms with Crippen LogP contribution in [0.4, 0.5) is 0 Å². The highest BCUT2D eigenvalue weighted by atomic mass is 28.3. The second kappa shape index (κ2) is 62.9. The van der Waals surface area contributed by atoms with Crippen molar-refractivity contribution in [2.75, 3.05) is 66.1 Å². The summed E-state index contributed by atoms with van der Waals surface area (Å²) < 4.78 is 68.2. The van der Waals surface area contributed by atoms with E-state index in [4.69, 9.17) is 47.4 Å².